The highest BCUT2D eigenvalue weighted by Crippen LogP contribution is 2.54. The van der Waals surface area contributed by atoms with Crippen LogP contribution in [0.1, 0.15) is 42.4 Å². The predicted molar refractivity (Wildman–Crippen MR) is 71.6 cm³/mol. The van der Waals surface area contributed by atoms with Crippen molar-refractivity contribution in [3.63, 3.8) is 0 Å². The highest BCUT2D eigenvalue weighted by molar-refractivity contribution is 9.10. The molecule has 2 unspecified atom stereocenters. The van der Waals surface area contributed by atoms with E-state index < -0.39 is 0 Å². The van der Waals surface area contributed by atoms with Gasteiger partial charge in [-0.2, -0.15) is 10.2 Å². The van der Waals surface area contributed by atoms with Gasteiger partial charge in [0, 0.05) is 15.8 Å². The average molecular weight is 310 g/mol. The van der Waals surface area contributed by atoms with E-state index in [1.165, 1.54) is 35.9 Å². The third kappa shape index (κ3) is 1.33. The van der Waals surface area contributed by atoms with Crippen LogP contribution in [0.15, 0.2) is 16.6 Å². The molecule has 0 N–H and O–H groups in total. The summed E-state index contributed by atoms with van der Waals surface area (Å²) in [7, 11) is 0. The smallest absolute Gasteiger partial charge is 0.0945 e. The Morgan fingerprint density at radius 1 is 1.18 bits per heavy atom. The summed E-state index contributed by atoms with van der Waals surface area (Å²) in [6.45, 7) is 0. The number of rotatable bonds is 0. The van der Waals surface area contributed by atoms with Crippen molar-refractivity contribution >= 4 is 38.4 Å². The first-order valence-electron chi connectivity index (χ1n) is 5.89. The van der Waals surface area contributed by atoms with Gasteiger partial charge in [0.1, 0.15) is 0 Å². The molecular formula is C13H10BrClN2. The molecule has 1 fully saturated rings. The van der Waals surface area contributed by atoms with Crippen LogP contribution in [-0.2, 0) is 0 Å². The Balaban J connectivity index is 2.10. The Morgan fingerprint density at radius 3 is 2.88 bits per heavy atom. The zero-order valence-corrected chi connectivity index (χ0v) is 11.4. The number of hydrogen-bond acceptors (Lipinski definition) is 2. The fourth-order valence-corrected chi connectivity index (χ4v) is 3.85. The molecule has 0 spiro atoms. The Kier molecular flexibility index (Phi) is 2.07. The molecule has 17 heavy (non-hydrogen) atoms. The summed E-state index contributed by atoms with van der Waals surface area (Å²) >= 11 is 9.63. The van der Waals surface area contributed by atoms with Gasteiger partial charge in [0.2, 0.25) is 0 Å². The molecule has 86 valence electrons. The number of fused-ring (bicyclic) bond motifs is 7. The number of halogens is 2. The van der Waals surface area contributed by atoms with Gasteiger partial charge in [-0.15, -0.1) is 0 Å². The van der Waals surface area contributed by atoms with E-state index in [1.807, 2.05) is 12.1 Å². The van der Waals surface area contributed by atoms with Gasteiger partial charge < -0.3 is 0 Å². The minimum Gasteiger partial charge on any atom is -0.154 e. The van der Waals surface area contributed by atoms with Crippen LogP contribution >= 0.6 is 27.5 Å². The maximum Gasteiger partial charge on any atom is 0.0945 e. The molecule has 0 saturated heterocycles. The Bertz CT molecular complexity index is 641. The average Bonchev–Trinajstić information content (AvgIpc) is 2.91. The minimum atomic E-state index is 0.648. The molecule has 1 aromatic heterocycles. The van der Waals surface area contributed by atoms with Gasteiger partial charge in [-0.05, 0) is 58.8 Å². The van der Waals surface area contributed by atoms with E-state index in [9.17, 15) is 0 Å². The maximum absolute atomic E-state index is 6.20. The summed E-state index contributed by atoms with van der Waals surface area (Å²) < 4.78 is 0.893. The van der Waals surface area contributed by atoms with Gasteiger partial charge in [0.05, 0.1) is 16.2 Å². The molecule has 2 aromatic rings. The molecule has 1 heterocycles. The molecular weight excluding hydrogens is 300 g/mol. The SMILES string of the molecule is Clc1cc2c3c(nnc2cc1Br)C1CCC3C1. The molecule has 4 rings (SSSR count). The topological polar surface area (TPSA) is 25.8 Å². The van der Waals surface area contributed by atoms with Gasteiger partial charge in [0.25, 0.3) is 0 Å². The quantitative estimate of drug-likeness (QED) is 0.720. The van der Waals surface area contributed by atoms with E-state index >= 15 is 0 Å². The van der Waals surface area contributed by atoms with Gasteiger partial charge in [-0.1, -0.05) is 11.6 Å². The molecule has 2 bridgehead atoms. The van der Waals surface area contributed by atoms with E-state index in [-0.39, 0.29) is 0 Å². The van der Waals surface area contributed by atoms with Crippen LogP contribution in [0.25, 0.3) is 10.9 Å². The summed E-state index contributed by atoms with van der Waals surface area (Å²) in [5, 5.41) is 10.7. The second kappa shape index (κ2) is 3.42. The number of aromatic nitrogens is 2. The van der Waals surface area contributed by atoms with Crippen molar-refractivity contribution in [2.45, 2.75) is 31.1 Å². The van der Waals surface area contributed by atoms with Gasteiger partial charge in [-0.3, -0.25) is 0 Å². The molecule has 0 amide bonds. The van der Waals surface area contributed by atoms with Gasteiger partial charge in [-0.25, -0.2) is 0 Å². The monoisotopic (exact) mass is 308 g/mol. The summed E-state index contributed by atoms with van der Waals surface area (Å²) in [4.78, 5) is 0. The van der Waals surface area contributed by atoms with Crippen LogP contribution in [0.2, 0.25) is 5.02 Å². The van der Waals surface area contributed by atoms with Crippen molar-refractivity contribution in [1.29, 1.82) is 0 Å². The number of nitrogens with zero attached hydrogens (tertiary/aromatic N) is 2. The Morgan fingerprint density at radius 2 is 2.00 bits per heavy atom. The van der Waals surface area contributed by atoms with Crippen LogP contribution in [0.3, 0.4) is 0 Å². The second-order valence-corrected chi connectivity index (χ2v) is 6.25. The Labute approximate surface area is 113 Å². The highest BCUT2D eigenvalue weighted by Gasteiger charge is 2.39. The first kappa shape index (κ1) is 10.3. The van der Waals surface area contributed by atoms with Crippen LogP contribution in [0.5, 0.6) is 0 Å². The normalized spacial score (nSPS) is 25.5. The summed E-state index contributed by atoms with van der Waals surface area (Å²) in [5.74, 6) is 1.33. The van der Waals surface area contributed by atoms with Crippen molar-refractivity contribution in [3.8, 4) is 0 Å². The van der Waals surface area contributed by atoms with Gasteiger partial charge >= 0.3 is 0 Å². The molecule has 4 heteroatoms. The first-order valence-corrected chi connectivity index (χ1v) is 7.06. The van der Waals surface area contributed by atoms with Crippen molar-refractivity contribution in [1.82, 2.24) is 10.2 Å². The molecule has 0 radical (unpaired) electrons. The lowest BCUT2D eigenvalue weighted by Crippen LogP contribution is -2.04. The number of hydrogen-bond donors (Lipinski definition) is 0. The molecule has 1 aromatic carbocycles. The van der Waals surface area contributed by atoms with E-state index in [0.717, 1.165) is 15.0 Å². The molecule has 2 atom stereocenters. The van der Waals surface area contributed by atoms with Crippen molar-refractivity contribution in [2.24, 2.45) is 0 Å². The van der Waals surface area contributed by atoms with E-state index in [0.29, 0.717) is 11.8 Å². The van der Waals surface area contributed by atoms with Crippen LogP contribution in [0.4, 0.5) is 0 Å². The summed E-state index contributed by atoms with van der Waals surface area (Å²) in [6, 6.07) is 4.01. The minimum absolute atomic E-state index is 0.648. The van der Waals surface area contributed by atoms with Crippen molar-refractivity contribution in [3.05, 3.63) is 32.9 Å². The lowest BCUT2D eigenvalue weighted by molar-refractivity contribution is 0.687. The van der Waals surface area contributed by atoms with Crippen LogP contribution in [0, 0.1) is 0 Å². The first-order chi connectivity index (χ1) is 8.24. The van der Waals surface area contributed by atoms with Crippen LogP contribution in [-0.4, -0.2) is 10.2 Å². The molecule has 1 saturated carbocycles. The standard InChI is InChI=1S/C13H10BrClN2/c14-9-5-11-8(4-10(9)15)12-6-1-2-7(3-6)13(12)17-16-11/h4-7H,1-3H2. The van der Waals surface area contributed by atoms with E-state index in [2.05, 4.69) is 26.1 Å². The largest absolute Gasteiger partial charge is 0.154 e. The predicted octanol–water partition coefficient (Wildman–Crippen LogP) is 4.41. The highest BCUT2D eigenvalue weighted by atomic mass is 79.9. The molecule has 2 nitrogen and oxygen atoms in total. The lowest BCUT2D eigenvalue weighted by atomic mass is 9.93. The number of benzene rings is 1. The molecule has 2 aliphatic rings. The summed E-state index contributed by atoms with van der Waals surface area (Å²) in [5.41, 5.74) is 3.60. The van der Waals surface area contributed by atoms with Crippen molar-refractivity contribution < 1.29 is 0 Å². The fraction of sp³-hybridized carbons (Fsp3) is 0.385. The second-order valence-electron chi connectivity index (χ2n) is 4.99. The third-order valence-corrected chi connectivity index (χ3v) is 5.29. The van der Waals surface area contributed by atoms with E-state index in [4.69, 9.17) is 11.6 Å². The van der Waals surface area contributed by atoms with Gasteiger partial charge in [0.15, 0.2) is 0 Å². The maximum atomic E-state index is 6.20. The van der Waals surface area contributed by atoms with Crippen LogP contribution < -0.4 is 0 Å². The zero-order valence-electron chi connectivity index (χ0n) is 9.08. The van der Waals surface area contributed by atoms with Crippen molar-refractivity contribution in [2.75, 3.05) is 0 Å². The third-order valence-electron chi connectivity index (χ3n) is 4.10. The molecule has 2 aliphatic carbocycles. The lowest BCUT2D eigenvalue weighted by Gasteiger charge is -2.15. The molecule has 0 aliphatic heterocycles. The zero-order chi connectivity index (χ0) is 11.6. The summed E-state index contributed by atoms with van der Waals surface area (Å²) in [6.07, 6.45) is 3.84. The van der Waals surface area contributed by atoms with E-state index in [1.54, 1.807) is 0 Å². The Hall–Kier alpha value is -0.670. The fourth-order valence-electron chi connectivity index (χ4n) is 3.36.